The summed E-state index contributed by atoms with van der Waals surface area (Å²) >= 11 is 4.28. The number of hydrogen-bond donors (Lipinski definition) is 1. The summed E-state index contributed by atoms with van der Waals surface area (Å²) in [5.74, 6) is 2.49. The maximum atomic E-state index is 12.4. The van der Waals surface area contributed by atoms with Crippen LogP contribution in [0.4, 0.5) is 0 Å². The Labute approximate surface area is 206 Å². The summed E-state index contributed by atoms with van der Waals surface area (Å²) < 4.78 is 5.65. The molecule has 0 N–H and O–H groups in total. The van der Waals surface area contributed by atoms with Gasteiger partial charge in [0.15, 0.2) is 0 Å². The summed E-state index contributed by atoms with van der Waals surface area (Å²) in [7, 11) is 0. The van der Waals surface area contributed by atoms with E-state index in [1.807, 2.05) is 26.0 Å². The van der Waals surface area contributed by atoms with Gasteiger partial charge in [-0.05, 0) is 92.2 Å². The highest BCUT2D eigenvalue weighted by Gasteiger charge is 2.28. The van der Waals surface area contributed by atoms with Gasteiger partial charge in [0.05, 0.1) is 5.41 Å². The van der Waals surface area contributed by atoms with Crippen LogP contribution in [0.1, 0.15) is 96.1 Å². The summed E-state index contributed by atoms with van der Waals surface area (Å²) in [5.41, 5.74) is 4.54. The molecule has 1 saturated carbocycles. The molecular formula is C30H42O2S. The second kappa shape index (κ2) is 12.1. The molecule has 0 radical (unpaired) electrons. The van der Waals surface area contributed by atoms with Gasteiger partial charge in [-0.25, -0.2) is 0 Å². The summed E-state index contributed by atoms with van der Waals surface area (Å²) in [4.78, 5) is 12.4. The maximum absolute atomic E-state index is 12.4. The van der Waals surface area contributed by atoms with Gasteiger partial charge in [0.1, 0.15) is 5.75 Å². The predicted molar refractivity (Wildman–Crippen MR) is 143 cm³/mol. The van der Waals surface area contributed by atoms with E-state index in [1.54, 1.807) is 0 Å². The lowest BCUT2D eigenvalue weighted by atomic mass is 9.77. The number of esters is 1. The van der Waals surface area contributed by atoms with Crippen LogP contribution in [0, 0.1) is 11.3 Å². The number of unbranched alkanes of at least 4 members (excludes halogenated alkanes) is 2. The molecule has 0 heterocycles. The fraction of sp³-hybridized carbons (Fsp3) is 0.567. The van der Waals surface area contributed by atoms with E-state index in [-0.39, 0.29) is 5.97 Å². The number of thiol groups is 1. The van der Waals surface area contributed by atoms with Gasteiger partial charge in [0.2, 0.25) is 0 Å². The predicted octanol–water partition coefficient (Wildman–Crippen LogP) is 8.63. The van der Waals surface area contributed by atoms with E-state index in [4.69, 9.17) is 4.74 Å². The van der Waals surface area contributed by atoms with E-state index < -0.39 is 5.41 Å². The van der Waals surface area contributed by atoms with Gasteiger partial charge in [-0.3, -0.25) is 4.79 Å². The van der Waals surface area contributed by atoms with Gasteiger partial charge in [0.25, 0.3) is 0 Å². The van der Waals surface area contributed by atoms with E-state index in [0.29, 0.717) is 17.4 Å². The van der Waals surface area contributed by atoms with Crippen LogP contribution < -0.4 is 4.74 Å². The Morgan fingerprint density at radius 3 is 2.30 bits per heavy atom. The number of benzene rings is 2. The van der Waals surface area contributed by atoms with Crippen LogP contribution in [0.15, 0.2) is 42.5 Å². The molecule has 3 heteroatoms. The third-order valence-electron chi connectivity index (χ3n) is 7.37. The smallest absolute Gasteiger partial charge is 0.317 e. The number of aryl methyl sites for hydroxylation is 1. The molecule has 0 saturated heterocycles. The second-order valence-electron chi connectivity index (χ2n) is 10.4. The van der Waals surface area contributed by atoms with Crippen LogP contribution in [-0.2, 0) is 11.2 Å². The van der Waals surface area contributed by atoms with Crippen LogP contribution in [0.5, 0.6) is 5.75 Å². The standard InChI is InChI=1S/C30H42O2S/c1-5-7-8-9-22-10-12-24(13-11-22)25-14-16-26(17-15-25)28-19-18-27(20-23(28)6-2)32-29(31)30(3,4)21-33/h14-20,22,24,33H,5-13,21H2,1-4H3. The SMILES string of the molecule is CCCCCC1CCC(c2ccc(-c3ccc(OC(=O)C(C)(C)CS)cc3CC)cc2)CC1. The van der Waals surface area contributed by atoms with Crippen molar-refractivity contribution in [2.24, 2.45) is 11.3 Å². The molecule has 0 amide bonds. The molecule has 0 unspecified atom stereocenters. The molecule has 2 aromatic carbocycles. The number of carbonyl (C=O) groups is 1. The number of hydrogen-bond acceptors (Lipinski definition) is 3. The summed E-state index contributed by atoms with van der Waals surface area (Å²) in [6, 6.07) is 15.2. The molecule has 1 aliphatic carbocycles. The van der Waals surface area contributed by atoms with Gasteiger partial charge >= 0.3 is 5.97 Å². The van der Waals surface area contributed by atoms with E-state index in [0.717, 1.165) is 12.3 Å². The van der Waals surface area contributed by atoms with Crippen molar-refractivity contribution in [3.8, 4) is 16.9 Å². The normalized spacial score (nSPS) is 18.8. The largest absolute Gasteiger partial charge is 0.426 e. The molecule has 0 spiro atoms. The minimum atomic E-state index is -0.599. The van der Waals surface area contributed by atoms with E-state index in [2.05, 4.69) is 56.8 Å². The Bertz CT molecular complexity index is 892. The molecule has 180 valence electrons. The molecule has 0 aliphatic heterocycles. The summed E-state index contributed by atoms with van der Waals surface area (Å²) in [5, 5.41) is 0. The Morgan fingerprint density at radius 2 is 1.70 bits per heavy atom. The first-order chi connectivity index (χ1) is 15.9. The number of carbonyl (C=O) groups excluding carboxylic acids is 1. The second-order valence-corrected chi connectivity index (χ2v) is 10.8. The van der Waals surface area contributed by atoms with Crippen molar-refractivity contribution in [3.05, 3.63) is 53.6 Å². The van der Waals surface area contributed by atoms with E-state index in [1.165, 1.54) is 73.6 Å². The van der Waals surface area contributed by atoms with Gasteiger partial charge in [-0.2, -0.15) is 12.6 Å². The van der Waals surface area contributed by atoms with Crippen molar-refractivity contribution >= 4 is 18.6 Å². The molecule has 0 bridgehead atoms. The van der Waals surface area contributed by atoms with Crippen LogP contribution in [0.2, 0.25) is 0 Å². The third kappa shape index (κ3) is 6.88. The fourth-order valence-electron chi connectivity index (χ4n) is 4.92. The average Bonchev–Trinajstić information content (AvgIpc) is 2.84. The molecule has 33 heavy (non-hydrogen) atoms. The first kappa shape index (κ1) is 25.9. The molecule has 1 aliphatic rings. The van der Waals surface area contributed by atoms with E-state index in [9.17, 15) is 4.79 Å². The maximum Gasteiger partial charge on any atom is 0.317 e. The highest BCUT2D eigenvalue weighted by atomic mass is 32.1. The molecule has 0 aromatic heterocycles. The van der Waals surface area contributed by atoms with Gasteiger partial charge in [-0.1, -0.05) is 69.9 Å². The van der Waals surface area contributed by atoms with Crippen LogP contribution >= 0.6 is 12.6 Å². The Hall–Kier alpha value is -1.74. The van der Waals surface area contributed by atoms with Crippen LogP contribution in [-0.4, -0.2) is 11.7 Å². The lowest BCUT2D eigenvalue weighted by molar-refractivity contribution is -0.142. The topological polar surface area (TPSA) is 26.3 Å². The van der Waals surface area contributed by atoms with Gasteiger partial charge in [0, 0.05) is 5.75 Å². The number of rotatable bonds is 10. The summed E-state index contributed by atoms with van der Waals surface area (Å²) in [6.07, 6.45) is 11.9. The molecule has 3 rings (SSSR count). The lowest BCUT2D eigenvalue weighted by Crippen LogP contribution is -2.30. The molecule has 0 atom stereocenters. The zero-order valence-electron chi connectivity index (χ0n) is 21.0. The lowest BCUT2D eigenvalue weighted by Gasteiger charge is -2.29. The Balaban J connectivity index is 1.65. The zero-order chi connectivity index (χ0) is 23.8. The molecule has 1 fully saturated rings. The highest BCUT2D eigenvalue weighted by molar-refractivity contribution is 7.80. The minimum Gasteiger partial charge on any atom is -0.426 e. The van der Waals surface area contributed by atoms with Crippen molar-refractivity contribution in [2.75, 3.05) is 5.75 Å². The van der Waals surface area contributed by atoms with E-state index >= 15 is 0 Å². The molecular weight excluding hydrogens is 424 g/mol. The summed E-state index contributed by atoms with van der Waals surface area (Å²) in [6.45, 7) is 8.16. The zero-order valence-corrected chi connectivity index (χ0v) is 21.9. The van der Waals surface area contributed by atoms with Crippen molar-refractivity contribution in [2.45, 2.75) is 91.4 Å². The monoisotopic (exact) mass is 466 g/mol. The first-order valence-corrected chi connectivity index (χ1v) is 13.6. The Kier molecular flexibility index (Phi) is 9.49. The molecule has 2 aromatic rings. The fourth-order valence-corrected chi connectivity index (χ4v) is 5.05. The molecule has 2 nitrogen and oxygen atoms in total. The van der Waals surface area contributed by atoms with Gasteiger partial charge < -0.3 is 4.74 Å². The van der Waals surface area contributed by atoms with Crippen molar-refractivity contribution in [1.29, 1.82) is 0 Å². The van der Waals surface area contributed by atoms with Crippen molar-refractivity contribution < 1.29 is 9.53 Å². The van der Waals surface area contributed by atoms with Gasteiger partial charge in [-0.15, -0.1) is 0 Å². The van der Waals surface area contributed by atoms with Crippen molar-refractivity contribution in [3.63, 3.8) is 0 Å². The first-order valence-electron chi connectivity index (χ1n) is 12.9. The third-order valence-corrected chi connectivity index (χ3v) is 8.16. The van der Waals surface area contributed by atoms with Crippen LogP contribution in [0.3, 0.4) is 0 Å². The minimum absolute atomic E-state index is 0.239. The number of ether oxygens (including phenoxy) is 1. The van der Waals surface area contributed by atoms with Crippen LogP contribution in [0.25, 0.3) is 11.1 Å². The average molecular weight is 467 g/mol. The van der Waals surface area contributed by atoms with Crippen molar-refractivity contribution in [1.82, 2.24) is 0 Å². The highest BCUT2D eigenvalue weighted by Crippen LogP contribution is 2.38. The quantitative estimate of drug-likeness (QED) is 0.164. The Morgan fingerprint density at radius 1 is 1.00 bits per heavy atom.